The van der Waals surface area contributed by atoms with E-state index in [1.54, 1.807) is 25.2 Å². The Morgan fingerprint density at radius 1 is 1.02 bits per heavy atom. The number of carbonyl (C=O) groups is 3. The molecule has 0 saturated carbocycles. The number of rotatable bonds is 11. The van der Waals surface area contributed by atoms with Crippen LogP contribution in [0.5, 0.6) is 0 Å². The van der Waals surface area contributed by atoms with Gasteiger partial charge in [0.25, 0.3) is 5.91 Å². The Bertz CT molecular complexity index is 1380. The van der Waals surface area contributed by atoms with Gasteiger partial charge < -0.3 is 25.6 Å². The number of primary amides is 1. The van der Waals surface area contributed by atoms with Crippen LogP contribution in [-0.2, 0) is 9.59 Å². The molecule has 238 valence electrons. The van der Waals surface area contributed by atoms with Crippen LogP contribution in [-0.4, -0.2) is 89.2 Å². The number of likely N-dealkylation sites (tertiary alicyclic amines) is 2. The van der Waals surface area contributed by atoms with E-state index < -0.39 is 5.91 Å². The molecule has 2 atom stereocenters. The van der Waals surface area contributed by atoms with Crippen LogP contribution in [0, 0.1) is 5.92 Å². The highest BCUT2D eigenvalue weighted by molar-refractivity contribution is 6.42. The standard InChI is InChI=1S/C31H37Cl4N5O4/c1-38(30(42)21-13-22(32)17-23(33)14-21)18-28(37-44)25(19-4-5-26(34)27(35)15-19)8-12-39-10-6-24(7-11-39)40-9-2-3-20(31(40)43)16-29(36)41/h4-5,13-15,17,20,24-25,44H,2-3,6-12,16,18H2,1H3,(H2,36,41)/b37-28+/t20?,25-/m0/s1. The number of piperidine rings is 2. The molecule has 2 heterocycles. The largest absolute Gasteiger partial charge is 0.411 e. The number of hydrogen-bond donors (Lipinski definition) is 2. The van der Waals surface area contributed by atoms with E-state index >= 15 is 0 Å². The van der Waals surface area contributed by atoms with E-state index in [1.807, 2.05) is 11.0 Å². The van der Waals surface area contributed by atoms with Crippen molar-refractivity contribution in [2.75, 3.05) is 39.8 Å². The topological polar surface area (TPSA) is 120 Å². The second-order valence-electron chi connectivity index (χ2n) is 11.5. The molecule has 2 saturated heterocycles. The number of amides is 3. The zero-order valence-corrected chi connectivity index (χ0v) is 27.5. The fourth-order valence-electron chi connectivity index (χ4n) is 6.22. The van der Waals surface area contributed by atoms with Gasteiger partial charge >= 0.3 is 0 Å². The van der Waals surface area contributed by atoms with Gasteiger partial charge in [0.05, 0.1) is 22.3 Å². The minimum absolute atomic E-state index is 0.0377. The van der Waals surface area contributed by atoms with Gasteiger partial charge in [-0.3, -0.25) is 14.4 Å². The van der Waals surface area contributed by atoms with Crippen LogP contribution in [0.3, 0.4) is 0 Å². The highest BCUT2D eigenvalue weighted by atomic mass is 35.5. The Labute approximate surface area is 277 Å². The summed E-state index contributed by atoms with van der Waals surface area (Å²) in [4.78, 5) is 43.4. The van der Waals surface area contributed by atoms with Crippen molar-refractivity contribution in [1.82, 2.24) is 14.7 Å². The Hall–Kier alpha value is -2.56. The zero-order chi connectivity index (χ0) is 32.0. The summed E-state index contributed by atoms with van der Waals surface area (Å²) < 4.78 is 0. The maximum absolute atomic E-state index is 13.2. The number of oxime groups is 1. The first-order chi connectivity index (χ1) is 21.0. The maximum Gasteiger partial charge on any atom is 0.254 e. The molecule has 44 heavy (non-hydrogen) atoms. The first kappa shape index (κ1) is 34.3. The van der Waals surface area contributed by atoms with E-state index in [4.69, 9.17) is 52.1 Å². The van der Waals surface area contributed by atoms with Crippen molar-refractivity contribution in [2.45, 2.75) is 50.5 Å². The molecule has 1 unspecified atom stereocenters. The molecule has 4 rings (SSSR count). The summed E-state index contributed by atoms with van der Waals surface area (Å²) >= 11 is 24.8. The molecule has 9 nitrogen and oxygen atoms in total. The molecular formula is C31H37Cl4N5O4. The molecule has 0 aromatic heterocycles. The van der Waals surface area contributed by atoms with E-state index in [9.17, 15) is 19.6 Å². The molecule has 2 aromatic rings. The van der Waals surface area contributed by atoms with Gasteiger partial charge in [0.15, 0.2) is 0 Å². The van der Waals surface area contributed by atoms with Gasteiger partial charge in [0, 0.05) is 66.6 Å². The number of nitrogens with zero attached hydrogens (tertiary/aromatic N) is 4. The number of benzene rings is 2. The van der Waals surface area contributed by atoms with Gasteiger partial charge in [-0.2, -0.15) is 0 Å². The number of halogens is 4. The predicted octanol–water partition coefficient (Wildman–Crippen LogP) is 5.95. The van der Waals surface area contributed by atoms with Crippen molar-refractivity contribution >= 4 is 69.8 Å². The van der Waals surface area contributed by atoms with Crippen molar-refractivity contribution in [3.63, 3.8) is 0 Å². The molecule has 2 aromatic carbocycles. The summed E-state index contributed by atoms with van der Waals surface area (Å²) in [5.74, 6) is -1.40. The average molecular weight is 685 g/mol. The quantitative estimate of drug-likeness (QED) is 0.172. The lowest BCUT2D eigenvalue weighted by atomic mass is 9.89. The van der Waals surface area contributed by atoms with E-state index in [0.29, 0.717) is 57.3 Å². The molecule has 0 bridgehead atoms. The average Bonchev–Trinajstić information content (AvgIpc) is 2.98. The van der Waals surface area contributed by atoms with E-state index in [1.165, 1.54) is 17.0 Å². The van der Waals surface area contributed by atoms with E-state index in [2.05, 4.69) is 10.1 Å². The number of nitrogens with two attached hydrogens (primary N) is 1. The summed E-state index contributed by atoms with van der Waals surface area (Å²) in [6, 6.07) is 10.1. The minimum Gasteiger partial charge on any atom is -0.411 e. The molecule has 2 fully saturated rings. The van der Waals surface area contributed by atoms with Crippen LogP contribution in [0.25, 0.3) is 0 Å². The first-order valence-electron chi connectivity index (χ1n) is 14.6. The highest BCUT2D eigenvalue weighted by Gasteiger charge is 2.35. The molecule has 3 amide bonds. The Balaban J connectivity index is 1.43. The minimum atomic E-state index is -0.438. The van der Waals surface area contributed by atoms with Crippen molar-refractivity contribution < 1.29 is 19.6 Å². The van der Waals surface area contributed by atoms with Crippen LogP contribution in [0.1, 0.15) is 60.4 Å². The molecule has 0 spiro atoms. The summed E-state index contributed by atoms with van der Waals surface area (Å²) in [6.07, 6.45) is 3.93. The Morgan fingerprint density at radius 2 is 1.70 bits per heavy atom. The number of hydrogen-bond acceptors (Lipinski definition) is 6. The van der Waals surface area contributed by atoms with Crippen LogP contribution in [0.2, 0.25) is 20.1 Å². The summed E-state index contributed by atoms with van der Waals surface area (Å²) in [7, 11) is 1.62. The van der Waals surface area contributed by atoms with Crippen molar-refractivity contribution in [3.8, 4) is 0 Å². The van der Waals surface area contributed by atoms with Gasteiger partial charge in [-0.1, -0.05) is 57.6 Å². The number of carbonyl (C=O) groups excluding carboxylic acids is 3. The molecule has 0 aliphatic carbocycles. The lowest BCUT2D eigenvalue weighted by molar-refractivity contribution is -0.144. The lowest BCUT2D eigenvalue weighted by Gasteiger charge is -2.42. The molecule has 2 aliphatic heterocycles. The van der Waals surface area contributed by atoms with Crippen molar-refractivity contribution in [2.24, 2.45) is 16.8 Å². The summed E-state index contributed by atoms with van der Waals surface area (Å²) in [6.45, 7) is 3.04. The highest BCUT2D eigenvalue weighted by Crippen LogP contribution is 2.31. The van der Waals surface area contributed by atoms with Gasteiger partial charge in [-0.05, 0) is 74.5 Å². The molecule has 3 N–H and O–H groups in total. The summed E-state index contributed by atoms with van der Waals surface area (Å²) in [5.41, 5.74) is 6.90. The molecule has 13 heteroatoms. The van der Waals surface area contributed by atoms with E-state index in [-0.39, 0.29) is 42.7 Å². The van der Waals surface area contributed by atoms with E-state index in [0.717, 1.165) is 37.9 Å². The second kappa shape index (κ2) is 15.6. The van der Waals surface area contributed by atoms with Crippen LogP contribution in [0.4, 0.5) is 0 Å². The van der Waals surface area contributed by atoms with Gasteiger partial charge in [-0.15, -0.1) is 0 Å². The summed E-state index contributed by atoms with van der Waals surface area (Å²) in [5, 5.41) is 15.3. The predicted molar refractivity (Wildman–Crippen MR) is 174 cm³/mol. The Kier molecular flexibility index (Phi) is 12.2. The van der Waals surface area contributed by atoms with Gasteiger partial charge in [-0.25, -0.2) is 0 Å². The monoisotopic (exact) mass is 683 g/mol. The van der Waals surface area contributed by atoms with Crippen LogP contribution in [0.15, 0.2) is 41.6 Å². The normalized spacial score (nSPS) is 19.2. The van der Waals surface area contributed by atoms with Gasteiger partial charge in [0.2, 0.25) is 11.8 Å². The third-order valence-electron chi connectivity index (χ3n) is 8.50. The zero-order valence-electron chi connectivity index (χ0n) is 24.5. The lowest BCUT2D eigenvalue weighted by Crippen LogP contribution is -2.52. The Morgan fingerprint density at radius 3 is 2.32 bits per heavy atom. The fourth-order valence-corrected chi connectivity index (χ4v) is 7.05. The van der Waals surface area contributed by atoms with Gasteiger partial charge in [0.1, 0.15) is 0 Å². The molecule has 0 radical (unpaired) electrons. The molecule has 2 aliphatic rings. The maximum atomic E-state index is 13.2. The van der Waals surface area contributed by atoms with Crippen molar-refractivity contribution in [3.05, 3.63) is 67.6 Å². The SMILES string of the molecule is CN(C/C(=N\O)[C@@H](CCN1CCC(N2CCCC(CC(N)=O)C2=O)CC1)c1ccc(Cl)c(Cl)c1)C(=O)c1cc(Cl)cc(Cl)c1. The van der Waals surface area contributed by atoms with Crippen LogP contribution < -0.4 is 5.73 Å². The fraction of sp³-hybridized carbons (Fsp3) is 0.484. The third-order valence-corrected chi connectivity index (χ3v) is 9.67. The third kappa shape index (κ3) is 8.79. The first-order valence-corrected chi connectivity index (χ1v) is 16.2. The smallest absolute Gasteiger partial charge is 0.254 e. The van der Waals surface area contributed by atoms with Crippen molar-refractivity contribution in [1.29, 1.82) is 0 Å². The van der Waals surface area contributed by atoms with Crippen LogP contribution >= 0.6 is 46.4 Å². The second-order valence-corrected chi connectivity index (χ2v) is 13.2. The molecular weight excluding hydrogens is 648 g/mol.